The first-order chi connectivity index (χ1) is 7.16. The molecule has 1 aromatic heterocycles. The Kier molecular flexibility index (Phi) is 2.64. The van der Waals surface area contributed by atoms with E-state index in [0.717, 1.165) is 17.3 Å². The second-order valence-corrected chi connectivity index (χ2v) is 4.32. The first-order valence-corrected chi connectivity index (χ1v) is 5.28. The molecular weight excluding hydrogens is 214 g/mol. The third kappa shape index (κ3) is 2.12. The van der Waals surface area contributed by atoms with Crippen molar-refractivity contribution in [3.8, 4) is 0 Å². The number of rotatable bonds is 3. The van der Waals surface area contributed by atoms with Gasteiger partial charge in [-0.1, -0.05) is 23.9 Å². The van der Waals surface area contributed by atoms with Crippen molar-refractivity contribution in [2.75, 3.05) is 0 Å². The summed E-state index contributed by atoms with van der Waals surface area (Å²) >= 11 is 1.04. The number of carboxylic acids is 1. The highest BCUT2D eigenvalue weighted by molar-refractivity contribution is 8.00. The van der Waals surface area contributed by atoms with Gasteiger partial charge < -0.3 is 14.3 Å². The molecular formula is C10H8NO3S-. The molecule has 0 saturated carbocycles. The number of fused-ring (bicyclic) bond motifs is 1. The second kappa shape index (κ2) is 3.94. The summed E-state index contributed by atoms with van der Waals surface area (Å²) < 4.78 is 5.35. The minimum absolute atomic E-state index is 0.355. The molecule has 0 saturated heterocycles. The fourth-order valence-corrected chi connectivity index (χ4v) is 1.79. The number of hydrogen-bond donors (Lipinski definition) is 0. The van der Waals surface area contributed by atoms with E-state index in [2.05, 4.69) is 4.98 Å². The van der Waals surface area contributed by atoms with Gasteiger partial charge in [-0.15, -0.1) is 0 Å². The van der Waals surface area contributed by atoms with Crippen LogP contribution in [0.4, 0.5) is 0 Å². The summed E-state index contributed by atoms with van der Waals surface area (Å²) in [6, 6.07) is 7.29. The number of benzene rings is 1. The number of aromatic nitrogens is 1. The van der Waals surface area contributed by atoms with Gasteiger partial charge in [0.15, 0.2) is 5.58 Å². The van der Waals surface area contributed by atoms with E-state index < -0.39 is 11.2 Å². The number of carboxylic acid groups (broad SMARTS) is 1. The van der Waals surface area contributed by atoms with E-state index in [9.17, 15) is 9.90 Å². The van der Waals surface area contributed by atoms with Crippen molar-refractivity contribution in [2.45, 2.75) is 17.4 Å². The van der Waals surface area contributed by atoms with Crippen molar-refractivity contribution in [1.29, 1.82) is 0 Å². The Hall–Kier alpha value is -1.49. The van der Waals surface area contributed by atoms with Gasteiger partial charge in [0.2, 0.25) is 0 Å². The van der Waals surface area contributed by atoms with Gasteiger partial charge in [0, 0.05) is 0 Å². The van der Waals surface area contributed by atoms with Crippen molar-refractivity contribution in [3.05, 3.63) is 24.3 Å². The minimum Gasteiger partial charge on any atom is -0.549 e. The molecule has 0 fully saturated rings. The maximum Gasteiger partial charge on any atom is 0.257 e. The topological polar surface area (TPSA) is 66.2 Å². The number of carbonyl (C=O) groups excluding carboxylic acids is 1. The van der Waals surface area contributed by atoms with Gasteiger partial charge in [0.1, 0.15) is 5.52 Å². The normalized spacial score (nSPS) is 12.9. The van der Waals surface area contributed by atoms with E-state index in [1.165, 1.54) is 6.92 Å². The highest BCUT2D eigenvalue weighted by Gasteiger charge is 2.11. The molecule has 0 aliphatic rings. The van der Waals surface area contributed by atoms with Gasteiger partial charge in [0.25, 0.3) is 5.22 Å². The first-order valence-electron chi connectivity index (χ1n) is 4.40. The monoisotopic (exact) mass is 222 g/mol. The lowest BCUT2D eigenvalue weighted by Gasteiger charge is -2.07. The van der Waals surface area contributed by atoms with Crippen molar-refractivity contribution >= 4 is 28.8 Å². The molecule has 4 nitrogen and oxygen atoms in total. The molecule has 0 aliphatic carbocycles. The Bertz CT molecular complexity index is 461. The van der Waals surface area contributed by atoms with Crippen LogP contribution in [0, 0.1) is 0 Å². The lowest BCUT2D eigenvalue weighted by atomic mass is 10.3. The predicted molar refractivity (Wildman–Crippen MR) is 54.3 cm³/mol. The molecule has 78 valence electrons. The van der Waals surface area contributed by atoms with E-state index in [-0.39, 0.29) is 0 Å². The number of oxazole rings is 1. The SMILES string of the molecule is C[C@H](Sc1nc2ccccc2o1)C(=O)[O-]. The zero-order chi connectivity index (χ0) is 10.8. The quantitative estimate of drug-likeness (QED) is 0.726. The van der Waals surface area contributed by atoms with E-state index in [4.69, 9.17) is 4.42 Å². The molecule has 5 heteroatoms. The van der Waals surface area contributed by atoms with Crippen LogP contribution < -0.4 is 5.11 Å². The van der Waals surface area contributed by atoms with Gasteiger partial charge in [0.05, 0.1) is 11.2 Å². The van der Waals surface area contributed by atoms with Crippen LogP contribution in [0.1, 0.15) is 6.92 Å². The molecule has 0 bridgehead atoms. The van der Waals surface area contributed by atoms with E-state index >= 15 is 0 Å². The van der Waals surface area contributed by atoms with Crippen LogP contribution in [-0.4, -0.2) is 16.2 Å². The third-order valence-corrected chi connectivity index (χ3v) is 2.81. The predicted octanol–water partition coefficient (Wildman–Crippen LogP) is 1.06. The van der Waals surface area contributed by atoms with Crippen LogP contribution in [0.15, 0.2) is 33.9 Å². The van der Waals surface area contributed by atoms with Crippen LogP contribution in [0.3, 0.4) is 0 Å². The van der Waals surface area contributed by atoms with Gasteiger partial charge >= 0.3 is 0 Å². The zero-order valence-electron chi connectivity index (χ0n) is 7.97. The zero-order valence-corrected chi connectivity index (χ0v) is 8.78. The maximum atomic E-state index is 10.5. The Labute approximate surface area is 90.3 Å². The molecule has 2 rings (SSSR count). The molecule has 15 heavy (non-hydrogen) atoms. The van der Waals surface area contributed by atoms with Gasteiger partial charge in [-0.3, -0.25) is 0 Å². The van der Waals surface area contributed by atoms with Crippen LogP contribution in [0.5, 0.6) is 0 Å². The first kappa shape index (κ1) is 10.0. The molecule has 0 aliphatic heterocycles. The summed E-state index contributed by atoms with van der Waals surface area (Å²) in [5, 5.41) is 10.2. The van der Waals surface area contributed by atoms with Crippen LogP contribution in [0.25, 0.3) is 11.1 Å². The van der Waals surface area contributed by atoms with Crippen molar-refractivity contribution < 1.29 is 14.3 Å². The fourth-order valence-electron chi connectivity index (χ4n) is 1.10. The maximum absolute atomic E-state index is 10.5. The number of para-hydroxylation sites is 2. The molecule has 0 unspecified atom stereocenters. The number of nitrogens with zero attached hydrogens (tertiary/aromatic N) is 1. The standard InChI is InChI=1S/C10H9NO3S/c1-6(9(12)13)15-10-11-7-4-2-3-5-8(7)14-10/h2-6H,1H3,(H,12,13)/p-1/t6-/m0/s1. The van der Waals surface area contributed by atoms with Crippen LogP contribution >= 0.6 is 11.8 Å². The second-order valence-electron chi connectivity index (χ2n) is 3.03. The average molecular weight is 222 g/mol. The number of hydrogen-bond acceptors (Lipinski definition) is 5. The summed E-state index contributed by atoms with van der Waals surface area (Å²) in [5.74, 6) is -1.12. The van der Waals surface area contributed by atoms with E-state index in [1.54, 1.807) is 6.07 Å². The Morgan fingerprint density at radius 2 is 2.27 bits per heavy atom. The highest BCUT2D eigenvalue weighted by Crippen LogP contribution is 2.26. The minimum atomic E-state index is -1.12. The summed E-state index contributed by atoms with van der Waals surface area (Å²) in [4.78, 5) is 14.7. The Balaban J connectivity index is 2.26. The lowest BCUT2D eigenvalue weighted by molar-refractivity contribution is -0.304. The molecule has 0 amide bonds. The van der Waals surface area contributed by atoms with Crippen molar-refractivity contribution in [2.24, 2.45) is 0 Å². The number of carbonyl (C=O) groups is 1. The molecule has 1 atom stereocenters. The summed E-state index contributed by atoms with van der Waals surface area (Å²) in [6.07, 6.45) is 0. The lowest BCUT2D eigenvalue weighted by Crippen LogP contribution is -2.31. The molecule has 2 aromatic rings. The Morgan fingerprint density at radius 1 is 1.53 bits per heavy atom. The highest BCUT2D eigenvalue weighted by atomic mass is 32.2. The van der Waals surface area contributed by atoms with Crippen LogP contribution in [0.2, 0.25) is 0 Å². The molecule has 0 N–H and O–H groups in total. The Morgan fingerprint density at radius 3 is 2.93 bits per heavy atom. The smallest absolute Gasteiger partial charge is 0.257 e. The summed E-state index contributed by atoms with van der Waals surface area (Å²) in [7, 11) is 0. The van der Waals surface area contributed by atoms with E-state index in [0.29, 0.717) is 10.8 Å². The molecule has 1 heterocycles. The van der Waals surface area contributed by atoms with Crippen molar-refractivity contribution in [3.63, 3.8) is 0 Å². The van der Waals surface area contributed by atoms with Gasteiger partial charge in [-0.2, -0.15) is 0 Å². The number of aliphatic carboxylic acids is 1. The largest absolute Gasteiger partial charge is 0.549 e. The fraction of sp³-hybridized carbons (Fsp3) is 0.200. The van der Waals surface area contributed by atoms with Crippen molar-refractivity contribution in [1.82, 2.24) is 4.98 Å². The molecule has 1 aromatic carbocycles. The summed E-state index contributed by atoms with van der Waals surface area (Å²) in [6.45, 7) is 1.54. The van der Waals surface area contributed by atoms with Gasteiger partial charge in [-0.25, -0.2) is 4.98 Å². The van der Waals surface area contributed by atoms with Crippen LogP contribution in [-0.2, 0) is 4.79 Å². The number of thioether (sulfide) groups is 1. The average Bonchev–Trinajstić information content (AvgIpc) is 2.59. The molecule has 0 radical (unpaired) electrons. The van der Waals surface area contributed by atoms with Gasteiger partial charge in [-0.05, 0) is 19.1 Å². The third-order valence-electron chi connectivity index (χ3n) is 1.88. The van der Waals surface area contributed by atoms with E-state index in [1.807, 2.05) is 18.2 Å². The molecule has 0 spiro atoms. The summed E-state index contributed by atoms with van der Waals surface area (Å²) in [5.41, 5.74) is 1.39.